The van der Waals surface area contributed by atoms with Gasteiger partial charge in [0.2, 0.25) is 0 Å². The number of pyridine rings is 1. The summed E-state index contributed by atoms with van der Waals surface area (Å²) in [7, 11) is 0. The highest BCUT2D eigenvalue weighted by molar-refractivity contribution is 7.17. The largest absolute Gasteiger partial charge is 0.462 e. The smallest absolute Gasteiger partial charge is 0.348 e. The Morgan fingerprint density at radius 1 is 1.25 bits per heavy atom. The van der Waals surface area contributed by atoms with Gasteiger partial charge in [0.1, 0.15) is 10.6 Å². The SMILES string of the molecule is CCOC(=O)c1cc2c(s1)-c1ncccc1N(C(=O)c1ccc(N)cc1)CC2. The summed E-state index contributed by atoms with van der Waals surface area (Å²) in [5.41, 5.74) is 9.37. The van der Waals surface area contributed by atoms with Gasteiger partial charge in [-0.2, -0.15) is 0 Å². The van der Waals surface area contributed by atoms with Gasteiger partial charge < -0.3 is 15.4 Å². The third-order valence-electron chi connectivity index (χ3n) is 4.59. The van der Waals surface area contributed by atoms with Crippen molar-refractivity contribution in [1.82, 2.24) is 4.98 Å². The van der Waals surface area contributed by atoms with Crippen LogP contribution in [0.25, 0.3) is 10.6 Å². The molecule has 1 aliphatic heterocycles. The number of aromatic nitrogens is 1. The number of ether oxygens (including phenoxy) is 1. The molecule has 1 amide bonds. The summed E-state index contributed by atoms with van der Waals surface area (Å²) < 4.78 is 5.13. The van der Waals surface area contributed by atoms with E-state index < -0.39 is 0 Å². The second kappa shape index (κ2) is 7.44. The molecule has 0 spiro atoms. The minimum Gasteiger partial charge on any atom is -0.462 e. The number of carbonyl (C=O) groups excluding carboxylic acids is 2. The van der Waals surface area contributed by atoms with Gasteiger partial charge in [0.05, 0.1) is 17.2 Å². The summed E-state index contributed by atoms with van der Waals surface area (Å²) in [5, 5.41) is 0. The molecule has 6 nitrogen and oxygen atoms in total. The Hall–Kier alpha value is -3.19. The lowest BCUT2D eigenvalue weighted by atomic mass is 10.1. The first-order valence-corrected chi connectivity index (χ1v) is 9.82. The first-order chi connectivity index (χ1) is 13.6. The van der Waals surface area contributed by atoms with Gasteiger partial charge in [-0.1, -0.05) is 0 Å². The molecule has 0 radical (unpaired) electrons. The number of amides is 1. The lowest BCUT2D eigenvalue weighted by Crippen LogP contribution is -2.32. The highest BCUT2D eigenvalue weighted by atomic mass is 32.1. The summed E-state index contributed by atoms with van der Waals surface area (Å²) >= 11 is 1.36. The van der Waals surface area contributed by atoms with Gasteiger partial charge in [-0.15, -0.1) is 11.3 Å². The number of hydrogen-bond donors (Lipinski definition) is 1. The second-order valence-electron chi connectivity index (χ2n) is 6.39. The molecule has 1 aromatic carbocycles. The molecule has 28 heavy (non-hydrogen) atoms. The van der Waals surface area contributed by atoms with Crippen molar-refractivity contribution >= 4 is 34.6 Å². The van der Waals surface area contributed by atoms with E-state index in [2.05, 4.69) is 4.98 Å². The maximum Gasteiger partial charge on any atom is 0.348 e. The molecule has 0 unspecified atom stereocenters. The fourth-order valence-electron chi connectivity index (χ4n) is 3.25. The Morgan fingerprint density at radius 3 is 2.79 bits per heavy atom. The van der Waals surface area contributed by atoms with E-state index in [1.807, 2.05) is 18.2 Å². The molecule has 0 saturated carbocycles. The van der Waals surface area contributed by atoms with E-state index in [4.69, 9.17) is 10.5 Å². The molecule has 2 N–H and O–H groups in total. The fourth-order valence-corrected chi connectivity index (χ4v) is 4.36. The number of nitrogens with zero attached hydrogens (tertiary/aromatic N) is 2. The van der Waals surface area contributed by atoms with Crippen LogP contribution < -0.4 is 10.6 Å². The van der Waals surface area contributed by atoms with Crippen molar-refractivity contribution in [3.8, 4) is 10.6 Å². The standard InChI is InChI=1S/C21H19N3O3S/c1-2-27-21(26)17-12-14-9-11-24(20(25)13-5-7-15(22)8-6-13)16-4-3-10-23-18(16)19(14)28-17/h3-8,10,12H,2,9,11,22H2,1H3. The quantitative estimate of drug-likeness (QED) is 0.541. The number of rotatable bonds is 3. The molecule has 0 aliphatic carbocycles. The van der Waals surface area contributed by atoms with E-state index >= 15 is 0 Å². The number of nitrogen functional groups attached to an aromatic ring is 1. The predicted octanol–water partition coefficient (Wildman–Crippen LogP) is 3.77. The van der Waals surface area contributed by atoms with E-state index in [1.165, 1.54) is 11.3 Å². The van der Waals surface area contributed by atoms with Crippen LogP contribution in [0.2, 0.25) is 0 Å². The van der Waals surface area contributed by atoms with Crippen LogP contribution in [0.4, 0.5) is 11.4 Å². The van der Waals surface area contributed by atoms with Gasteiger partial charge in [0.25, 0.3) is 5.91 Å². The first-order valence-electron chi connectivity index (χ1n) is 9.01. The third kappa shape index (κ3) is 3.25. The molecular formula is C21H19N3O3S. The second-order valence-corrected chi connectivity index (χ2v) is 7.44. The Balaban J connectivity index is 1.75. The summed E-state index contributed by atoms with van der Waals surface area (Å²) in [4.78, 5) is 33.0. The molecule has 1 aliphatic rings. The Labute approximate surface area is 166 Å². The van der Waals surface area contributed by atoms with Crippen molar-refractivity contribution in [3.63, 3.8) is 0 Å². The Bertz CT molecular complexity index is 1040. The number of thiophene rings is 1. The normalized spacial score (nSPS) is 12.7. The number of nitrogens with two attached hydrogens (primary N) is 1. The van der Waals surface area contributed by atoms with Crippen LogP contribution >= 0.6 is 11.3 Å². The predicted molar refractivity (Wildman–Crippen MR) is 110 cm³/mol. The molecule has 142 valence electrons. The lowest BCUT2D eigenvalue weighted by Gasteiger charge is -2.22. The molecule has 7 heteroatoms. The van der Waals surface area contributed by atoms with Gasteiger partial charge in [0.15, 0.2) is 0 Å². The molecule has 0 atom stereocenters. The Morgan fingerprint density at radius 2 is 2.04 bits per heavy atom. The van der Waals surface area contributed by atoms with Crippen molar-refractivity contribution in [2.75, 3.05) is 23.8 Å². The van der Waals surface area contributed by atoms with Crippen LogP contribution in [0.1, 0.15) is 32.5 Å². The maximum atomic E-state index is 13.1. The molecule has 3 aromatic rings. The van der Waals surface area contributed by atoms with Gasteiger partial charge in [-0.3, -0.25) is 9.78 Å². The zero-order chi connectivity index (χ0) is 19.7. The molecule has 0 fully saturated rings. The van der Waals surface area contributed by atoms with Gasteiger partial charge in [0, 0.05) is 24.0 Å². The number of esters is 1. The average Bonchev–Trinajstić information content (AvgIpc) is 3.07. The van der Waals surface area contributed by atoms with Crippen LogP contribution in [0.15, 0.2) is 48.7 Å². The van der Waals surface area contributed by atoms with E-state index in [-0.39, 0.29) is 11.9 Å². The number of anilines is 2. The van der Waals surface area contributed by atoms with E-state index in [9.17, 15) is 9.59 Å². The summed E-state index contributed by atoms with van der Waals surface area (Å²) in [6.07, 6.45) is 2.33. The van der Waals surface area contributed by atoms with Crippen LogP contribution in [0, 0.1) is 0 Å². The van der Waals surface area contributed by atoms with Crippen molar-refractivity contribution in [3.05, 3.63) is 64.7 Å². The topological polar surface area (TPSA) is 85.5 Å². The molecular weight excluding hydrogens is 374 g/mol. The molecule has 0 saturated heterocycles. The molecule has 0 bridgehead atoms. The zero-order valence-corrected chi connectivity index (χ0v) is 16.2. The van der Waals surface area contributed by atoms with Crippen LogP contribution in [0.3, 0.4) is 0 Å². The summed E-state index contributed by atoms with van der Waals surface area (Å²) in [6, 6.07) is 12.5. The van der Waals surface area contributed by atoms with Crippen molar-refractivity contribution in [2.24, 2.45) is 0 Å². The average molecular weight is 393 g/mol. The van der Waals surface area contributed by atoms with Crippen molar-refractivity contribution in [2.45, 2.75) is 13.3 Å². The van der Waals surface area contributed by atoms with E-state index in [0.717, 1.165) is 16.1 Å². The van der Waals surface area contributed by atoms with Crippen LogP contribution in [-0.2, 0) is 11.2 Å². The van der Waals surface area contributed by atoms with Crippen LogP contribution in [0.5, 0.6) is 0 Å². The minimum absolute atomic E-state index is 0.102. The fraction of sp³-hybridized carbons (Fsp3) is 0.190. The van der Waals surface area contributed by atoms with E-state index in [1.54, 1.807) is 42.3 Å². The highest BCUT2D eigenvalue weighted by Crippen LogP contribution is 2.40. The molecule has 4 rings (SSSR count). The lowest BCUT2D eigenvalue weighted by molar-refractivity contribution is 0.0532. The zero-order valence-electron chi connectivity index (χ0n) is 15.3. The van der Waals surface area contributed by atoms with Gasteiger partial charge in [-0.05, 0) is 61.4 Å². The van der Waals surface area contributed by atoms with Gasteiger partial charge >= 0.3 is 5.97 Å². The van der Waals surface area contributed by atoms with E-state index in [0.29, 0.717) is 41.4 Å². The number of benzene rings is 1. The van der Waals surface area contributed by atoms with Gasteiger partial charge in [-0.25, -0.2) is 4.79 Å². The summed E-state index contributed by atoms with van der Waals surface area (Å²) in [6.45, 7) is 2.61. The molecule has 2 aromatic heterocycles. The van der Waals surface area contributed by atoms with Crippen molar-refractivity contribution in [1.29, 1.82) is 0 Å². The first kappa shape index (κ1) is 18.2. The Kier molecular flexibility index (Phi) is 4.83. The number of hydrogen-bond acceptors (Lipinski definition) is 6. The minimum atomic E-state index is -0.326. The maximum absolute atomic E-state index is 13.1. The number of fused-ring (bicyclic) bond motifs is 3. The third-order valence-corrected chi connectivity index (χ3v) is 5.75. The van der Waals surface area contributed by atoms with Crippen LogP contribution in [-0.4, -0.2) is 30.0 Å². The highest BCUT2D eigenvalue weighted by Gasteiger charge is 2.28. The van der Waals surface area contributed by atoms with Crippen molar-refractivity contribution < 1.29 is 14.3 Å². The monoisotopic (exact) mass is 393 g/mol. The number of carbonyl (C=O) groups is 2. The summed E-state index contributed by atoms with van der Waals surface area (Å²) in [5.74, 6) is -0.428. The molecule has 3 heterocycles.